The van der Waals surface area contributed by atoms with Gasteiger partial charge in [0.1, 0.15) is 0 Å². The zero-order valence-electron chi connectivity index (χ0n) is 12.1. The van der Waals surface area contributed by atoms with E-state index in [2.05, 4.69) is 15.3 Å². The molecule has 0 spiro atoms. The van der Waals surface area contributed by atoms with E-state index in [0.717, 1.165) is 19.4 Å². The van der Waals surface area contributed by atoms with Gasteiger partial charge in [0, 0.05) is 12.2 Å². The van der Waals surface area contributed by atoms with Crippen molar-refractivity contribution in [2.24, 2.45) is 0 Å². The summed E-state index contributed by atoms with van der Waals surface area (Å²) in [5, 5.41) is 3.41. The van der Waals surface area contributed by atoms with Gasteiger partial charge in [-0.15, -0.1) is 0 Å². The van der Waals surface area contributed by atoms with Crippen molar-refractivity contribution in [3.63, 3.8) is 0 Å². The second-order valence-corrected chi connectivity index (χ2v) is 5.89. The van der Waals surface area contributed by atoms with Crippen LogP contribution in [-0.2, 0) is 4.74 Å². The van der Waals surface area contributed by atoms with Gasteiger partial charge >= 0.3 is 0 Å². The molecule has 1 fully saturated rings. The molecule has 0 saturated carbocycles. The zero-order chi connectivity index (χ0) is 15.7. The fourth-order valence-corrected chi connectivity index (χ4v) is 2.89. The van der Waals surface area contributed by atoms with E-state index in [1.165, 1.54) is 0 Å². The van der Waals surface area contributed by atoms with Gasteiger partial charge in [-0.3, -0.25) is 14.6 Å². The number of rotatable bonds is 3. The summed E-state index contributed by atoms with van der Waals surface area (Å²) in [6.45, 7) is 2.69. The van der Waals surface area contributed by atoms with E-state index in [0.29, 0.717) is 16.5 Å². The fourth-order valence-electron chi connectivity index (χ4n) is 2.69. The third-order valence-electron chi connectivity index (χ3n) is 3.88. The Kier molecular flexibility index (Phi) is 4.08. The van der Waals surface area contributed by atoms with Crippen LogP contribution in [0.3, 0.4) is 0 Å². The molecule has 1 saturated heterocycles. The Balaban J connectivity index is 1.84. The molecule has 3 N–H and O–H groups in total. The largest absolute Gasteiger partial charge is 0.376 e. The Morgan fingerprint density at radius 2 is 2.27 bits per heavy atom. The highest BCUT2D eigenvalue weighted by Crippen LogP contribution is 2.16. The summed E-state index contributed by atoms with van der Waals surface area (Å²) in [6.07, 6.45) is 2.06. The minimum absolute atomic E-state index is 0.0524. The van der Waals surface area contributed by atoms with Crippen LogP contribution in [0.25, 0.3) is 10.9 Å². The number of hydrogen-bond acceptors (Lipinski definition) is 4. The molecule has 1 aromatic carbocycles. The number of H-pyrrole nitrogens is 2. The highest BCUT2D eigenvalue weighted by molar-refractivity contribution is 7.71. The topological polar surface area (TPSA) is 87.0 Å². The predicted molar refractivity (Wildman–Crippen MR) is 85.7 cm³/mol. The summed E-state index contributed by atoms with van der Waals surface area (Å²) < 4.78 is 5.81. The van der Waals surface area contributed by atoms with Crippen molar-refractivity contribution in [2.75, 3.05) is 6.61 Å². The Morgan fingerprint density at radius 3 is 3.00 bits per heavy atom. The normalized spacial score (nSPS) is 19.2. The highest BCUT2D eigenvalue weighted by Gasteiger charge is 2.24. The van der Waals surface area contributed by atoms with Gasteiger partial charge in [-0.05, 0) is 50.2 Å². The number of carbonyl (C=O) groups excluding carboxylic acids is 1. The van der Waals surface area contributed by atoms with Gasteiger partial charge in [0.2, 0.25) is 0 Å². The number of fused-ring (bicyclic) bond motifs is 1. The Morgan fingerprint density at radius 1 is 1.45 bits per heavy atom. The molecule has 0 aliphatic carbocycles. The maximum absolute atomic E-state index is 12.3. The molecule has 6 nitrogen and oxygen atoms in total. The fraction of sp³-hybridized carbons (Fsp3) is 0.400. The maximum atomic E-state index is 12.3. The smallest absolute Gasteiger partial charge is 0.259 e. The lowest BCUT2D eigenvalue weighted by Gasteiger charge is -2.20. The summed E-state index contributed by atoms with van der Waals surface area (Å²) in [5.41, 5.74) is 0.762. The van der Waals surface area contributed by atoms with Crippen molar-refractivity contribution in [1.29, 1.82) is 0 Å². The molecule has 1 amide bonds. The van der Waals surface area contributed by atoms with Gasteiger partial charge in [-0.2, -0.15) is 0 Å². The van der Waals surface area contributed by atoms with Crippen molar-refractivity contribution in [3.8, 4) is 0 Å². The minimum Gasteiger partial charge on any atom is -0.376 e. The Hall–Kier alpha value is -1.99. The summed E-state index contributed by atoms with van der Waals surface area (Å²) >= 11 is 4.95. The molecule has 7 heteroatoms. The maximum Gasteiger partial charge on any atom is 0.259 e. The number of amides is 1. The molecule has 3 rings (SSSR count). The van der Waals surface area contributed by atoms with Gasteiger partial charge < -0.3 is 15.0 Å². The van der Waals surface area contributed by atoms with Crippen molar-refractivity contribution in [1.82, 2.24) is 15.3 Å². The van der Waals surface area contributed by atoms with Crippen LogP contribution in [0.15, 0.2) is 23.0 Å². The number of benzene rings is 1. The number of hydrogen-bond donors (Lipinski definition) is 3. The summed E-state index contributed by atoms with van der Waals surface area (Å²) in [4.78, 5) is 29.5. The lowest BCUT2D eigenvalue weighted by atomic mass is 10.1. The lowest BCUT2D eigenvalue weighted by molar-refractivity contribution is 0.0712. The molecule has 1 aliphatic heterocycles. The molecule has 2 aromatic rings. The summed E-state index contributed by atoms with van der Waals surface area (Å²) in [7, 11) is 0. The third kappa shape index (κ3) is 2.95. The molecule has 0 radical (unpaired) electrons. The van der Waals surface area contributed by atoms with Crippen LogP contribution in [0.2, 0.25) is 0 Å². The van der Waals surface area contributed by atoms with Gasteiger partial charge in [0.15, 0.2) is 4.77 Å². The number of ether oxygens (including phenoxy) is 1. The molecule has 1 aromatic heterocycles. The highest BCUT2D eigenvalue weighted by atomic mass is 32.1. The first kappa shape index (κ1) is 14.9. The van der Waals surface area contributed by atoms with Crippen molar-refractivity contribution >= 4 is 29.0 Å². The first-order valence-electron chi connectivity index (χ1n) is 7.23. The second kappa shape index (κ2) is 6.02. The molecule has 1 aliphatic rings. The van der Waals surface area contributed by atoms with Crippen LogP contribution in [0, 0.1) is 4.77 Å². The first-order valence-corrected chi connectivity index (χ1v) is 7.64. The average molecular weight is 319 g/mol. The van der Waals surface area contributed by atoms with Gasteiger partial charge in [0.05, 0.1) is 23.0 Å². The molecular formula is C15H17N3O3S. The number of carbonyl (C=O) groups is 1. The number of nitrogens with one attached hydrogen (secondary N) is 3. The van der Waals surface area contributed by atoms with E-state index in [9.17, 15) is 9.59 Å². The summed E-state index contributed by atoms with van der Waals surface area (Å²) in [6, 6.07) is 4.83. The van der Waals surface area contributed by atoms with Gasteiger partial charge in [-0.25, -0.2) is 0 Å². The minimum atomic E-state index is -0.265. The molecule has 22 heavy (non-hydrogen) atoms. The molecule has 0 unspecified atom stereocenters. The average Bonchev–Trinajstić information content (AvgIpc) is 3.00. The third-order valence-corrected chi connectivity index (χ3v) is 4.09. The van der Waals surface area contributed by atoms with E-state index in [1.807, 2.05) is 6.92 Å². The van der Waals surface area contributed by atoms with Crippen LogP contribution in [0.5, 0.6) is 0 Å². The van der Waals surface area contributed by atoms with Gasteiger partial charge in [-0.1, -0.05) is 0 Å². The van der Waals surface area contributed by atoms with Crippen molar-refractivity contribution in [3.05, 3.63) is 38.9 Å². The number of aromatic amines is 2. The molecule has 116 valence electrons. The lowest BCUT2D eigenvalue weighted by Crippen LogP contribution is -2.40. The molecular weight excluding hydrogens is 302 g/mol. The van der Waals surface area contributed by atoms with E-state index < -0.39 is 0 Å². The van der Waals surface area contributed by atoms with Crippen LogP contribution < -0.4 is 10.9 Å². The number of aromatic nitrogens is 2. The monoisotopic (exact) mass is 319 g/mol. The molecule has 2 heterocycles. The Bertz CT molecular complexity index is 821. The quantitative estimate of drug-likeness (QED) is 0.754. The van der Waals surface area contributed by atoms with Gasteiger partial charge in [0.25, 0.3) is 11.5 Å². The van der Waals surface area contributed by atoms with E-state index in [-0.39, 0.29) is 28.4 Å². The van der Waals surface area contributed by atoms with Crippen LogP contribution in [-0.4, -0.2) is 34.6 Å². The van der Waals surface area contributed by atoms with E-state index in [1.54, 1.807) is 18.2 Å². The van der Waals surface area contributed by atoms with Crippen LogP contribution >= 0.6 is 12.2 Å². The van der Waals surface area contributed by atoms with Crippen LogP contribution in [0.1, 0.15) is 30.1 Å². The first-order chi connectivity index (χ1) is 10.5. The second-order valence-electron chi connectivity index (χ2n) is 5.48. The van der Waals surface area contributed by atoms with E-state index >= 15 is 0 Å². The molecule has 2 atom stereocenters. The van der Waals surface area contributed by atoms with Crippen molar-refractivity contribution in [2.45, 2.75) is 31.9 Å². The summed E-state index contributed by atoms with van der Waals surface area (Å²) in [5.74, 6) is -0.190. The standard InChI is InChI=1S/C15H17N3O3S/c1-8(12-3-2-6-21-12)16-13(19)9-4-5-10-11(7-9)17-15(22)18-14(10)20/h4-5,7-8,12H,2-3,6H2,1H3,(H,16,19)(H2,17,18,20,22)/t8-,12+/m0/s1. The van der Waals surface area contributed by atoms with Crippen molar-refractivity contribution < 1.29 is 9.53 Å². The molecule has 0 bridgehead atoms. The van der Waals surface area contributed by atoms with E-state index in [4.69, 9.17) is 17.0 Å². The predicted octanol–water partition coefficient (Wildman–Crippen LogP) is 1.88. The zero-order valence-corrected chi connectivity index (χ0v) is 13.0. The Labute approximate surface area is 131 Å². The SMILES string of the molecule is C[C@H](NC(=O)c1ccc2c(=O)[nH]c(=S)[nH]c2c1)[C@H]1CCCO1. The van der Waals surface area contributed by atoms with Crippen LogP contribution in [0.4, 0.5) is 0 Å².